The molecule has 0 aromatic carbocycles. The quantitative estimate of drug-likeness (QED) is 0.532. The lowest BCUT2D eigenvalue weighted by Gasteiger charge is -2.14. The van der Waals surface area contributed by atoms with Crippen LogP contribution in [0.5, 0.6) is 0 Å². The van der Waals surface area contributed by atoms with Crippen LogP contribution in [0, 0.1) is 0 Å². The van der Waals surface area contributed by atoms with Gasteiger partial charge in [0.15, 0.2) is 0 Å². The van der Waals surface area contributed by atoms with Crippen LogP contribution in [0.1, 0.15) is 13.3 Å². The normalized spacial score (nSPS) is 14.6. The number of rotatable bonds is 2. The van der Waals surface area contributed by atoms with E-state index in [0.717, 1.165) is 17.8 Å². The second-order valence-electron chi connectivity index (χ2n) is 2.19. The van der Waals surface area contributed by atoms with Gasteiger partial charge in [-0.2, -0.15) is 0 Å². The first-order valence-corrected chi connectivity index (χ1v) is 3.16. The van der Waals surface area contributed by atoms with Gasteiger partial charge in [0.1, 0.15) is 0 Å². The van der Waals surface area contributed by atoms with E-state index in [1.54, 1.807) is 0 Å². The molecule has 0 unspecified atom stereocenters. The summed E-state index contributed by atoms with van der Waals surface area (Å²) in [6.07, 6.45) is 0.802. The molecular weight excluding hydrogens is 128 g/mol. The summed E-state index contributed by atoms with van der Waals surface area (Å²) in [6, 6.07) is 0. The van der Waals surface area contributed by atoms with Crippen LogP contribution in [0.15, 0.2) is 17.1 Å². The predicted octanol–water partition coefficient (Wildman–Crippen LogP) is 0.112. The lowest BCUT2D eigenvalue weighted by atomic mass is 10.1. The molecule has 1 aliphatic rings. The molecule has 0 bridgehead atoms. The summed E-state index contributed by atoms with van der Waals surface area (Å²) in [6.45, 7) is 1.49. The van der Waals surface area contributed by atoms with Gasteiger partial charge < -0.3 is 10.6 Å². The van der Waals surface area contributed by atoms with Crippen molar-refractivity contribution in [2.75, 3.05) is 7.05 Å². The van der Waals surface area contributed by atoms with Crippen molar-refractivity contribution in [1.82, 2.24) is 10.6 Å². The number of amides is 1. The van der Waals surface area contributed by atoms with Crippen LogP contribution in [0.3, 0.4) is 0 Å². The first kappa shape index (κ1) is 6.90. The van der Waals surface area contributed by atoms with Crippen molar-refractivity contribution >= 4 is 5.91 Å². The Labute approximate surface area is 59.8 Å². The minimum atomic E-state index is -0.0300. The lowest BCUT2D eigenvalue weighted by molar-refractivity contribution is -0.118. The topological polar surface area (TPSA) is 41.1 Å². The summed E-state index contributed by atoms with van der Waals surface area (Å²) in [5, 5.41) is 5.59. The van der Waals surface area contributed by atoms with Crippen LogP contribution in [-0.4, -0.2) is 13.0 Å². The van der Waals surface area contributed by atoms with Crippen LogP contribution >= 0.6 is 0 Å². The first-order valence-electron chi connectivity index (χ1n) is 3.16. The Morgan fingerprint density at radius 1 is 1.60 bits per heavy atom. The molecular formula is C7H10N2O. The fourth-order valence-corrected chi connectivity index (χ4v) is 0.779. The van der Waals surface area contributed by atoms with Gasteiger partial charge in [-0.05, 0) is 0 Å². The second kappa shape index (κ2) is 2.58. The Kier molecular flexibility index (Phi) is 1.78. The van der Waals surface area contributed by atoms with Gasteiger partial charge in [-0.15, -0.1) is 0 Å². The number of hydrogen-bond donors (Lipinski definition) is 2. The SMILES string of the molecule is CNC1=C=C(NC(C)=O)C1. The number of hydrogen-bond acceptors (Lipinski definition) is 2. The largest absolute Gasteiger partial charge is 0.385 e. The van der Waals surface area contributed by atoms with E-state index in [0.29, 0.717) is 0 Å². The van der Waals surface area contributed by atoms with Gasteiger partial charge >= 0.3 is 0 Å². The third-order valence-electron chi connectivity index (χ3n) is 1.28. The minimum absolute atomic E-state index is 0.0300. The van der Waals surface area contributed by atoms with Gasteiger partial charge in [-0.1, -0.05) is 5.73 Å². The zero-order chi connectivity index (χ0) is 7.56. The molecule has 3 nitrogen and oxygen atoms in total. The maximum absolute atomic E-state index is 10.4. The molecule has 0 heterocycles. The molecule has 0 atom stereocenters. The van der Waals surface area contributed by atoms with Crippen LogP contribution in [-0.2, 0) is 4.79 Å². The summed E-state index contributed by atoms with van der Waals surface area (Å²) in [5.41, 5.74) is 4.87. The molecule has 1 rings (SSSR count). The van der Waals surface area contributed by atoms with Gasteiger partial charge in [-0.3, -0.25) is 4.79 Å². The molecule has 0 aromatic rings. The highest BCUT2D eigenvalue weighted by molar-refractivity contribution is 5.75. The summed E-state index contributed by atoms with van der Waals surface area (Å²) >= 11 is 0. The molecule has 1 amide bonds. The Hall–Kier alpha value is -1.21. The lowest BCUT2D eigenvalue weighted by Crippen LogP contribution is -2.24. The highest BCUT2D eigenvalue weighted by Gasteiger charge is 2.09. The van der Waals surface area contributed by atoms with E-state index in [2.05, 4.69) is 16.4 Å². The van der Waals surface area contributed by atoms with E-state index in [9.17, 15) is 4.79 Å². The molecule has 1 aliphatic carbocycles. The Balaban J connectivity index is 2.49. The van der Waals surface area contributed by atoms with Crippen molar-refractivity contribution in [2.24, 2.45) is 0 Å². The fourth-order valence-electron chi connectivity index (χ4n) is 0.779. The molecule has 0 spiro atoms. The van der Waals surface area contributed by atoms with E-state index in [1.165, 1.54) is 6.92 Å². The average molecular weight is 138 g/mol. The maximum atomic E-state index is 10.4. The van der Waals surface area contributed by atoms with Crippen molar-refractivity contribution in [2.45, 2.75) is 13.3 Å². The second-order valence-corrected chi connectivity index (χ2v) is 2.19. The molecule has 2 N–H and O–H groups in total. The molecule has 3 heteroatoms. The zero-order valence-electron chi connectivity index (χ0n) is 6.12. The molecule has 10 heavy (non-hydrogen) atoms. The maximum Gasteiger partial charge on any atom is 0.221 e. The first-order chi connectivity index (χ1) is 4.72. The van der Waals surface area contributed by atoms with Crippen molar-refractivity contribution in [3.63, 3.8) is 0 Å². The van der Waals surface area contributed by atoms with E-state index in [1.807, 2.05) is 7.05 Å². The summed E-state index contributed by atoms with van der Waals surface area (Å²) in [4.78, 5) is 10.4. The van der Waals surface area contributed by atoms with Gasteiger partial charge in [0.05, 0.1) is 11.4 Å². The number of nitrogens with one attached hydrogen (secondary N) is 2. The standard InChI is InChI=1S/C7H10N2O/c1-5(10)9-7-3-6(4-7)8-2/h8H,3H2,1-2H3,(H,9,10). The Morgan fingerprint density at radius 3 is 2.60 bits per heavy atom. The predicted molar refractivity (Wildman–Crippen MR) is 38.0 cm³/mol. The van der Waals surface area contributed by atoms with Gasteiger partial charge in [0.2, 0.25) is 5.91 Å². The number of carbonyl (C=O) groups excluding carboxylic acids is 1. The van der Waals surface area contributed by atoms with Gasteiger partial charge in [-0.25, -0.2) is 0 Å². The van der Waals surface area contributed by atoms with Crippen LogP contribution < -0.4 is 10.6 Å². The van der Waals surface area contributed by atoms with Crippen molar-refractivity contribution < 1.29 is 4.79 Å². The molecule has 54 valence electrons. The molecule has 0 fully saturated rings. The van der Waals surface area contributed by atoms with Crippen LogP contribution in [0.4, 0.5) is 0 Å². The molecule has 0 radical (unpaired) electrons. The molecule has 0 saturated carbocycles. The molecule has 0 aliphatic heterocycles. The summed E-state index contributed by atoms with van der Waals surface area (Å²) < 4.78 is 0. The van der Waals surface area contributed by atoms with Crippen LogP contribution in [0.2, 0.25) is 0 Å². The van der Waals surface area contributed by atoms with E-state index in [-0.39, 0.29) is 5.91 Å². The summed E-state index contributed by atoms with van der Waals surface area (Å²) in [5.74, 6) is -0.0300. The zero-order valence-corrected chi connectivity index (χ0v) is 6.12. The molecule has 0 saturated heterocycles. The van der Waals surface area contributed by atoms with Crippen molar-refractivity contribution in [1.29, 1.82) is 0 Å². The van der Waals surface area contributed by atoms with Crippen LogP contribution in [0.25, 0.3) is 0 Å². The van der Waals surface area contributed by atoms with E-state index < -0.39 is 0 Å². The molecule has 0 aromatic heterocycles. The Bertz CT molecular complexity index is 224. The third-order valence-corrected chi connectivity index (χ3v) is 1.28. The highest BCUT2D eigenvalue weighted by Crippen LogP contribution is 2.12. The third kappa shape index (κ3) is 1.39. The van der Waals surface area contributed by atoms with E-state index in [4.69, 9.17) is 0 Å². The number of carbonyl (C=O) groups is 1. The van der Waals surface area contributed by atoms with Gasteiger partial charge in [0, 0.05) is 20.4 Å². The fraction of sp³-hybridized carbons (Fsp3) is 0.429. The van der Waals surface area contributed by atoms with Gasteiger partial charge in [0.25, 0.3) is 0 Å². The highest BCUT2D eigenvalue weighted by atomic mass is 16.1. The summed E-state index contributed by atoms with van der Waals surface area (Å²) in [7, 11) is 1.84. The van der Waals surface area contributed by atoms with Crippen molar-refractivity contribution in [3.05, 3.63) is 17.1 Å². The Morgan fingerprint density at radius 2 is 2.20 bits per heavy atom. The van der Waals surface area contributed by atoms with Crippen molar-refractivity contribution in [3.8, 4) is 0 Å². The smallest absolute Gasteiger partial charge is 0.221 e. The monoisotopic (exact) mass is 138 g/mol. The average Bonchev–Trinajstić information content (AvgIpc) is 1.76. The minimum Gasteiger partial charge on any atom is -0.385 e. The van der Waals surface area contributed by atoms with E-state index >= 15 is 0 Å².